The van der Waals surface area contributed by atoms with Crippen LogP contribution in [0, 0.1) is 5.82 Å². The van der Waals surface area contributed by atoms with Crippen LogP contribution in [0.25, 0.3) is 22.0 Å². The van der Waals surface area contributed by atoms with E-state index in [9.17, 15) is 18.0 Å². The minimum absolute atomic E-state index is 0.00593. The molecule has 0 fully saturated rings. The molecule has 0 aliphatic carbocycles. The van der Waals surface area contributed by atoms with Crippen molar-refractivity contribution in [2.45, 2.75) is 6.43 Å². The van der Waals surface area contributed by atoms with Gasteiger partial charge in [-0.2, -0.15) is 0 Å². The largest absolute Gasteiger partial charge is 0.462 e. The van der Waals surface area contributed by atoms with Crippen LogP contribution in [-0.2, 0) is 7.05 Å². The number of alkyl halides is 2. The molecule has 4 nitrogen and oxygen atoms in total. The van der Waals surface area contributed by atoms with Gasteiger partial charge in [-0.1, -0.05) is 0 Å². The third-order valence-corrected chi connectivity index (χ3v) is 2.95. The summed E-state index contributed by atoms with van der Waals surface area (Å²) in [6.45, 7) is 0. The predicted molar refractivity (Wildman–Crippen MR) is 61.7 cm³/mol. The number of hydrogen-bond acceptors (Lipinski definition) is 3. The standard InChI is InChI=1S/C12H7F3N2O2/c1-17-9-6(13)4-5-7(18)2-3-19-10(5)8(9)16-12(17)11(14)15/h2-4,11H,1H3. The number of imidazole rings is 1. The van der Waals surface area contributed by atoms with Gasteiger partial charge in [0.05, 0.1) is 11.6 Å². The molecule has 19 heavy (non-hydrogen) atoms. The maximum Gasteiger partial charge on any atom is 0.295 e. The molecule has 3 rings (SSSR count). The first kappa shape index (κ1) is 11.8. The lowest BCUT2D eigenvalue weighted by Crippen LogP contribution is -2.01. The van der Waals surface area contributed by atoms with Gasteiger partial charge in [0.1, 0.15) is 16.9 Å². The Hall–Kier alpha value is -2.31. The van der Waals surface area contributed by atoms with Gasteiger partial charge in [-0.25, -0.2) is 18.2 Å². The molecule has 0 saturated heterocycles. The van der Waals surface area contributed by atoms with Crippen LogP contribution in [0.5, 0.6) is 0 Å². The van der Waals surface area contributed by atoms with Crippen molar-refractivity contribution >= 4 is 22.0 Å². The van der Waals surface area contributed by atoms with Crippen LogP contribution < -0.4 is 5.43 Å². The monoisotopic (exact) mass is 268 g/mol. The Balaban J connectivity index is 2.59. The maximum absolute atomic E-state index is 13.9. The Morgan fingerprint density at radius 1 is 1.42 bits per heavy atom. The molecule has 0 aliphatic heterocycles. The zero-order chi connectivity index (χ0) is 13.7. The van der Waals surface area contributed by atoms with E-state index in [1.165, 1.54) is 7.05 Å². The first-order valence-corrected chi connectivity index (χ1v) is 5.35. The number of benzene rings is 1. The van der Waals surface area contributed by atoms with Crippen molar-refractivity contribution in [3.05, 3.63) is 40.3 Å². The lowest BCUT2D eigenvalue weighted by atomic mass is 10.2. The zero-order valence-electron chi connectivity index (χ0n) is 9.65. The maximum atomic E-state index is 13.9. The molecule has 0 N–H and O–H groups in total. The van der Waals surface area contributed by atoms with Crippen molar-refractivity contribution in [2.24, 2.45) is 7.05 Å². The second kappa shape index (κ2) is 3.84. The van der Waals surface area contributed by atoms with E-state index in [0.717, 1.165) is 23.0 Å². The summed E-state index contributed by atoms with van der Waals surface area (Å²) < 4.78 is 45.6. The number of aryl methyl sites for hydroxylation is 1. The van der Waals surface area contributed by atoms with Crippen LogP contribution in [0.2, 0.25) is 0 Å². The first-order valence-electron chi connectivity index (χ1n) is 5.35. The molecule has 0 spiro atoms. The van der Waals surface area contributed by atoms with Gasteiger partial charge >= 0.3 is 0 Å². The van der Waals surface area contributed by atoms with Crippen LogP contribution in [0.1, 0.15) is 12.2 Å². The summed E-state index contributed by atoms with van der Waals surface area (Å²) >= 11 is 0. The van der Waals surface area contributed by atoms with Gasteiger partial charge in [0.25, 0.3) is 6.43 Å². The van der Waals surface area contributed by atoms with E-state index in [1.807, 2.05) is 0 Å². The summed E-state index contributed by atoms with van der Waals surface area (Å²) in [6, 6.07) is 2.10. The average Bonchev–Trinajstić information content (AvgIpc) is 2.70. The van der Waals surface area contributed by atoms with Crippen LogP contribution >= 0.6 is 0 Å². The molecule has 2 heterocycles. The number of hydrogen-bond donors (Lipinski definition) is 0. The van der Waals surface area contributed by atoms with Gasteiger partial charge in [0.15, 0.2) is 16.8 Å². The van der Waals surface area contributed by atoms with Crippen molar-refractivity contribution < 1.29 is 17.6 Å². The Bertz CT molecular complexity index is 851. The number of aromatic nitrogens is 2. The minimum atomic E-state index is -2.85. The van der Waals surface area contributed by atoms with Crippen molar-refractivity contribution in [3.63, 3.8) is 0 Å². The molecular formula is C12H7F3N2O2. The highest BCUT2D eigenvalue weighted by Crippen LogP contribution is 2.29. The van der Waals surface area contributed by atoms with Gasteiger partial charge in [-0.05, 0) is 6.07 Å². The average molecular weight is 268 g/mol. The van der Waals surface area contributed by atoms with Crippen LogP contribution in [0.15, 0.2) is 27.6 Å². The van der Waals surface area contributed by atoms with Crippen LogP contribution in [0.4, 0.5) is 13.2 Å². The van der Waals surface area contributed by atoms with E-state index in [1.54, 1.807) is 0 Å². The number of fused-ring (bicyclic) bond motifs is 3. The molecule has 7 heteroatoms. The van der Waals surface area contributed by atoms with Gasteiger partial charge in [-0.3, -0.25) is 4.79 Å². The van der Waals surface area contributed by atoms with Gasteiger partial charge < -0.3 is 8.98 Å². The predicted octanol–water partition coefficient (Wildman–Crippen LogP) is 2.76. The Morgan fingerprint density at radius 3 is 2.84 bits per heavy atom. The number of rotatable bonds is 1. The summed E-state index contributed by atoms with van der Waals surface area (Å²) in [4.78, 5) is 15.3. The molecule has 0 bridgehead atoms. The highest BCUT2D eigenvalue weighted by Gasteiger charge is 2.22. The third kappa shape index (κ3) is 1.54. The Labute approximate surface area is 104 Å². The Kier molecular flexibility index (Phi) is 2.38. The summed E-state index contributed by atoms with van der Waals surface area (Å²) in [5, 5.41) is -0.0218. The minimum Gasteiger partial charge on any atom is -0.462 e. The fraction of sp³-hybridized carbons (Fsp3) is 0.167. The van der Waals surface area contributed by atoms with E-state index in [2.05, 4.69) is 4.98 Å². The van der Waals surface area contributed by atoms with Crippen LogP contribution in [-0.4, -0.2) is 9.55 Å². The van der Waals surface area contributed by atoms with Crippen molar-refractivity contribution in [1.82, 2.24) is 9.55 Å². The topological polar surface area (TPSA) is 48.0 Å². The van der Waals surface area contributed by atoms with Crippen LogP contribution in [0.3, 0.4) is 0 Å². The molecule has 2 aromatic heterocycles. The normalized spacial score (nSPS) is 11.8. The Morgan fingerprint density at radius 2 is 2.16 bits per heavy atom. The second-order valence-corrected chi connectivity index (χ2v) is 4.05. The second-order valence-electron chi connectivity index (χ2n) is 4.05. The van der Waals surface area contributed by atoms with E-state index in [-0.39, 0.29) is 22.0 Å². The summed E-state index contributed by atoms with van der Waals surface area (Å²) in [5.74, 6) is -1.36. The lowest BCUT2D eigenvalue weighted by molar-refractivity contribution is 0.137. The molecule has 0 atom stereocenters. The molecule has 0 radical (unpaired) electrons. The fourth-order valence-corrected chi connectivity index (χ4v) is 2.09. The highest BCUT2D eigenvalue weighted by molar-refractivity contribution is 6.00. The van der Waals surface area contributed by atoms with Crippen molar-refractivity contribution in [3.8, 4) is 0 Å². The van der Waals surface area contributed by atoms with E-state index in [0.29, 0.717) is 0 Å². The highest BCUT2D eigenvalue weighted by atomic mass is 19.3. The third-order valence-electron chi connectivity index (χ3n) is 2.95. The molecular weight excluding hydrogens is 261 g/mol. The van der Waals surface area contributed by atoms with E-state index >= 15 is 0 Å². The molecule has 1 aromatic carbocycles. The van der Waals surface area contributed by atoms with E-state index < -0.39 is 23.5 Å². The molecule has 3 aromatic rings. The van der Waals surface area contributed by atoms with Crippen molar-refractivity contribution in [1.29, 1.82) is 0 Å². The van der Waals surface area contributed by atoms with Crippen molar-refractivity contribution in [2.75, 3.05) is 0 Å². The van der Waals surface area contributed by atoms with E-state index in [4.69, 9.17) is 4.42 Å². The number of nitrogens with zero attached hydrogens (tertiary/aromatic N) is 2. The summed E-state index contributed by atoms with van der Waals surface area (Å²) in [7, 11) is 1.28. The van der Waals surface area contributed by atoms with Gasteiger partial charge in [0, 0.05) is 13.1 Å². The summed E-state index contributed by atoms with van der Waals surface area (Å²) in [6.07, 6.45) is -1.72. The quantitative estimate of drug-likeness (QED) is 0.681. The van der Waals surface area contributed by atoms with Gasteiger partial charge in [-0.15, -0.1) is 0 Å². The SMILES string of the molecule is Cn1c(C(F)F)nc2c3occc(=O)c3cc(F)c21. The summed E-state index contributed by atoms with van der Waals surface area (Å²) in [5.41, 5.74) is -0.639. The fourth-order valence-electron chi connectivity index (χ4n) is 2.09. The molecule has 98 valence electrons. The first-order chi connectivity index (χ1) is 9.00. The van der Waals surface area contributed by atoms with Gasteiger partial charge in [0.2, 0.25) is 0 Å². The smallest absolute Gasteiger partial charge is 0.295 e. The lowest BCUT2D eigenvalue weighted by Gasteiger charge is -2.01. The zero-order valence-corrected chi connectivity index (χ0v) is 9.65. The molecule has 0 aliphatic rings. The molecule has 0 saturated carbocycles. The molecule has 0 amide bonds. The molecule has 0 unspecified atom stereocenters. The number of halogens is 3.